The van der Waals surface area contributed by atoms with E-state index in [1.54, 1.807) is 0 Å². The summed E-state index contributed by atoms with van der Waals surface area (Å²) in [6, 6.07) is 0. The fourth-order valence-electron chi connectivity index (χ4n) is 0. The zero-order valence-corrected chi connectivity index (χ0v) is 7.28. The molecule has 0 nitrogen and oxygen atoms in total. The van der Waals surface area contributed by atoms with Gasteiger partial charge in [0.1, 0.15) is 0 Å². The summed E-state index contributed by atoms with van der Waals surface area (Å²) < 4.78 is 2.14. The maximum absolute atomic E-state index is 3.72. The van der Waals surface area contributed by atoms with E-state index in [0.717, 1.165) is 0 Å². The zero-order valence-electron chi connectivity index (χ0n) is 4.73. The molecule has 0 aromatic carbocycles. The van der Waals surface area contributed by atoms with Gasteiger partial charge in [0, 0.05) is 0 Å². The molecule has 0 heterocycles. The summed E-state index contributed by atoms with van der Waals surface area (Å²) in [4.78, 5) is 6.98. The van der Waals surface area contributed by atoms with Gasteiger partial charge in [-0.2, -0.15) is 0 Å². The second-order valence-electron chi connectivity index (χ2n) is 2.30. The topological polar surface area (TPSA) is 0 Å². The van der Waals surface area contributed by atoms with Gasteiger partial charge in [-0.05, 0) is 0 Å². The molecule has 1 heteroatoms. The van der Waals surface area contributed by atoms with Gasteiger partial charge in [-0.3, -0.25) is 0 Å². The summed E-state index contributed by atoms with van der Waals surface area (Å²) in [7, 11) is 0. The van der Waals surface area contributed by atoms with E-state index in [1.807, 2.05) is 0 Å². The molecule has 0 rings (SSSR count). The monoisotopic (exact) mass is 193 g/mol. The van der Waals surface area contributed by atoms with Crippen LogP contribution < -0.4 is 0 Å². The van der Waals surface area contributed by atoms with E-state index in [0.29, 0.717) is 0 Å². The van der Waals surface area contributed by atoms with Gasteiger partial charge in [-0.1, -0.05) is 0 Å². The van der Waals surface area contributed by atoms with Gasteiger partial charge >= 0.3 is 44.0 Å². The van der Waals surface area contributed by atoms with E-state index < -0.39 is 18.8 Å². The molecule has 0 N–H and O–H groups in total. The van der Waals surface area contributed by atoms with Crippen LogP contribution in [0.2, 0.25) is 14.6 Å². The maximum atomic E-state index is 3.72. The van der Waals surface area contributed by atoms with Crippen LogP contribution in [0.5, 0.6) is 0 Å². The standard InChI is InChI=1S/C2H3.3CH3.Sb/c1-2;;;;/h1H,2H2;3*1H3;/q;;;;+1. The number of hydrogen-bond acceptors (Lipinski definition) is 0. The molecule has 0 spiro atoms. The molecule has 0 aliphatic rings. The average Bonchev–Trinajstić information content (AvgIpc) is 1.35. The molecule has 0 aromatic rings. The Morgan fingerprint density at radius 3 is 1.50 bits per heavy atom. The van der Waals surface area contributed by atoms with Crippen LogP contribution in [0.3, 0.4) is 0 Å². The van der Waals surface area contributed by atoms with Crippen molar-refractivity contribution in [2.24, 2.45) is 0 Å². The van der Waals surface area contributed by atoms with Gasteiger partial charge in [0.2, 0.25) is 0 Å². The van der Waals surface area contributed by atoms with Gasteiger partial charge < -0.3 is 0 Å². The third kappa shape index (κ3) is 4.56. The summed E-state index contributed by atoms with van der Waals surface area (Å²) >= 11 is -1.38. The summed E-state index contributed by atoms with van der Waals surface area (Å²) in [6.45, 7) is 3.72. The Morgan fingerprint density at radius 1 is 1.33 bits per heavy atom. The molecule has 0 amide bonds. The van der Waals surface area contributed by atoms with Gasteiger partial charge in [-0.25, -0.2) is 0 Å². The first kappa shape index (κ1) is 6.56. The molecule has 0 radical (unpaired) electrons. The van der Waals surface area contributed by atoms with Crippen molar-refractivity contribution in [3.05, 3.63) is 10.6 Å². The molecule has 0 aromatic heterocycles. The van der Waals surface area contributed by atoms with E-state index in [-0.39, 0.29) is 0 Å². The summed E-state index contributed by atoms with van der Waals surface area (Å²) in [5, 5.41) is 0. The van der Waals surface area contributed by atoms with Crippen LogP contribution in [0.15, 0.2) is 10.6 Å². The Balaban J connectivity index is 3.45. The summed E-state index contributed by atoms with van der Waals surface area (Å²) in [5.41, 5.74) is 0. The Bertz CT molecular complexity index is 49.4. The fourth-order valence-corrected chi connectivity index (χ4v) is 0. The van der Waals surface area contributed by atoms with E-state index in [2.05, 4.69) is 25.2 Å². The Hall–Kier alpha value is 0.558. The molecule has 0 saturated carbocycles. The van der Waals surface area contributed by atoms with Gasteiger partial charge in [0.25, 0.3) is 0 Å². The molecule has 0 saturated heterocycles. The van der Waals surface area contributed by atoms with Crippen molar-refractivity contribution in [1.82, 2.24) is 0 Å². The van der Waals surface area contributed by atoms with E-state index in [4.69, 9.17) is 0 Å². The first-order chi connectivity index (χ1) is 2.56. The predicted molar refractivity (Wildman–Crippen MR) is 33.5 cm³/mol. The van der Waals surface area contributed by atoms with Gasteiger partial charge in [0.05, 0.1) is 0 Å². The molecule has 0 fully saturated rings. The fraction of sp³-hybridized carbons (Fsp3) is 0.600. The zero-order chi connectivity index (χ0) is 5.21. The molecule has 0 aliphatic carbocycles. The number of hydrogen-bond donors (Lipinski definition) is 0. The second kappa shape index (κ2) is 2.02. The normalized spacial score (nSPS) is 11.2. The summed E-state index contributed by atoms with van der Waals surface area (Å²) in [6.07, 6.45) is 0. The third-order valence-corrected chi connectivity index (χ3v) is 3.67. The van der Waals surface area contributed by atoms with Crippen LogP contribution in [0, 0.1) is 0 Å². The van der Waals surface area contributed by atoms with E-state index >= 15 is 0 Å². The van der Waals surface area contributed by atoms with Crippen LogP contribution >= 0.6 is 0 Å². The minimum absolute atomic E-state index is 1.38. The molecule has 36 valence electrons. The molecule has 0 aliphatic heterocycles. The van der Waals surface area contributed by atoms with Crippen molar-refractivity contribution in [2.75, 3.05) is 0 Å². The van der Waals surface area contributed by atoms with Crippen molar-refractivity contribution in [3.8, 4) is 0 Å². The first-order valence-corrected chi connectivity index (χ1v) is 11.1. The van der Waals surface area contributed by atoms with Crippen molar-refractivity contribution < 1.29 is 0 Å². The third-order valence-electron chi connectivity index (χ3n) is 0.548. The van der Waals surface area contributed by atoms with Crippen molar-refractivity contribution in [2.45, 2.75) is 14.6 Å². The van der Waals surface area contributed by atoms with E-state index in [1.165, 1.54) is 0 Å². The van der Waals surface area contributed by atoms with Crippen LogP contribution in [0.25, 0.3) is 0 Å². The van der Waals surface area contributed by atoms with Crippen LogP contribution in [-0.2, 0) is 0 Å². The molecular formula is C5H12Sb+. The Labute approximate surface area is 44.2 Å². The SMILES string of the molecule is C=[CH][Sb+]([CH3])([CH3])[CH3]. The van der Waals surface area contributed by atoms with Crippen molar-refractivity contribution in [1.29, 1.82) is 0 Å². The van der Waals surface area contributed by atoms with Gasteiger partial charge in [-0.15, -0.1) is 0 Å². The Morgan fingerprint density at radius 2 is 1.50 bits per heavy atom. The molecule has 0 bridgehead atoms. The molecular weight excluding hydrogens is 182 g/mol. The molecule has 0 unspecified atom stereocenters. The molecule has 6 heavy (non-hydrogen) atoms. The van der Waals surface area contributed by atoms with Crippen molar-refractivity contribution >= 4 is 18.8 Å². The molecule has 0 atom stereocenters. The van der Waals surface area contributed by atoms with E-state index in [9.17, 15) is 0 Å². The first-order valence-electron chi connectivity index (χ1n) is 2.01. The van der Waals surface area contributed by atoms with Crippen LogP contribution in [0.1, 0.15) is 0 Å². The van der Waals surface area contributed by atoms with Gasteiger partial charge in [0.15, 0.2) is 0 Å². The Kier molecular flexibility index (Phi) is 2.21. The summed E-state index contributed by atoms with van der Waals surface area (Å²) in [5.74, 6) is 0. The van der Waals surface area contributed by atoms with Crippen LogP contribution in [0.4, 0.5) is 0 Å². The predicted octanol–water partition coefficient (Wildman–Crippen LogP) is 2.05. The number of rotatable bonds is 1. The average molecular weight is 194 g/mol. The minimum atomic E-state index is -1.38. The quantitative estimate of drug-likeness (QED) is 0.560. The van der Waals surface area contributed by atoms with Crippen LogP contribution in [-0.4, -0.2) is 18.8 Å². The van der Waals surface area contributed by atoms with Crippen molar-refractivity contribution in [3.63, 3.8) is 0 Å². The second-order valence-corrected chi connectivity index (χ2v) is 15.4.